The molecule has 2 aliphatic rings. The first-order valence-electron chi connectivity index (χ1n) is 11.9. The highest BCUT2D eigenvalue weighted by Crippen LogP contribution is 2.34. The molecular weight excluding hydrogens is 400 g/mol. The first-order valence-corrected chi connectivity index (χ1v) is 11.9. The first-order chi connectivity index (χ1) is 15.6. The van der Waals surface area contributed by atoms with E-state index in [9.17, 15) is 4.79 Å². The fraction of sp³-hybridized carbons (Fsp3) is 0.462. The molecule has 0 spiro atoms. The lowest BCUT2D eigenvalue weighted by atomic mass is 9.98. The number of rotatable bonds is 1. The summed E-state index contributed by atoms with van der Waals surface area (Å²) < 4.78 is 6.13. The van der Waals surface area contributed by atoms with Gasteiger partial charge in [0.2, 0.25) is 0 Å². The van der Waals surface area contributed by atoms with Crippen molar-refractivity contribution >= 4 is 17.1 Å². The number of carbonyl (C=O) groups is 1. The van der Waals surface area contributed by atoms with E-state index in [4.69, 9.17) is 4.74 Å². The molecule has 0 aliphatic carbocycles. The highest BCUT2D eigenvalue weighted by Gasteiger charge is 2.26. The molecule has 3 heterocycles. The van der Waals surface area contributed by atoms with Crippen molar-refractivity contribution in [3.8, 4) is 16.9 Å². The van der Waals surface area contributed by atoms with Crippen LogP contribution in [0.3, 0.4) is 0 Å². The molecule has 2 aromatic carbocycles. The van der Waals surface area contributed by atoms with Crippen LogP contribution in [-0.4, -0.2) is 52.0 Å². The number of aryl methyl sites for hydroxylation is 2. The number of benzene rings is 2. The average Bonchev–Trinajstić information content (AvgIpc) is 2.98. The van der Waals surface area contributed by atoms with Gasteiger partial charge < -0.3 is 19.5 Å². The number of aromatic amines is 1. The molecule has 5 rings (SSSR count). The number of H-pyrrole nitrogens is 1. The Labute approximate surface area is 189 Å². The summed E-state index contributed by atoms with van der Waals surface area (Å²) in [6.45, 7) is 7.55. The van der Waals surface area contributed by atoms with Crippen LogP contribution in [0.5, 0.6) is 5.75 Å². The Morgan fingerprint density at radius 1 is 0.938 bits per heavy atom. The van der Waals surface area contributed by atoms with Crippen molar-refractivity contribution in [2.75, 3.05) is 26.2 Å². The van der Waals surface area contributed by atoms with E-state index in [0.29, 0.717) is 19.7 Å². The predicted octanol–water partition coefficient (Wildman–Crippen LogP) is 5.43. The third kappa shape index (κ3) is 4.18. The van der Waals surface area contributed by atoms with Gasteiger partial charge >= 0.3 is 6.03 Å². The van der Waals surface area contributed by atoms with Crippen LogP contribution in [0.2, 0.25) is 0 Å². The van der Waals surface area contributed by atoms with Crippen LogP contribution >= 0.6 is 0 Å². The van der Waals surface area contributed by atoms with E-state index in [1.54, 1.807) is 0 Å². The number of amides is 2. The van der Waals surface area contributed by atoms with Gasteiger partial charge in [0.15, 0.2) is 0 Å². The van der Waals surface area contributed by atoms with E-state index in [1.165, 1.54) is 19.3 Å². The summed E-state index contributed by atoms with van der Waals surface area (Å²) in [4.78, 5) is 25.2. The number of nitrogens with one attached hydrogen (secondary N) is 1. The van der Waals surface area contributed by atoms with Crippen molar-refractivity contribution < 1.29 is 9.53 Å². The Morgan fingerprint density at radius 3 is 2.53 bits per heavy atom. The van der Waals surface area contributed by atoms with Gasteiger partial charge in [-0.3, -0.25) is 0 Å². The Hall–Kier alpha value is -3.02. The van der Waals surface area contributed by atoms with Gasteiger partial charge in [0.25, 0.3) is 0 Å². The number of hydrogen-bond donors (Lipinski definition) is 1. The lowest BCUT2D eigenvalue weighted by Gasteiger charge is -2.31. The Morgan fingerprint density at radius 2 is 1.72 bits per heavy atom. The SMILES string of the molecule is Cc1nc2ccc(-c3cc(C)c4c(c3)CN(C(=O)N3CCCCCCC3)CCO4)cc2[nH]1. The molecule has 0 unspecified atom stereocenters. The number of urea groups is 1. The summed E-state index contributed by atoms with van der Waals surface area (Å²) >= 11 is 0. The number of fused-ring (bicyclic) bond motifs is 2. The summed E-state index contributed by atoms with van der Waals surface area (Å²) in [5.74, 6) is 1.84. The third-order valence-electron chi connectivity index (χ3n) is 6.65. The minimum Gasteiger partial charge on any atom is -0.491 e. The lowest BCUT2D eigenvalue weighted by Crippen LogP contribution is -2.44. The van der Waals surface area contributed by atoms with E-state index >= 15 is 0 Å². The van der Waals surface area contributed by atoms with Crippen LogP contribution in [0.1, 0.15) is 49.1 Å². The summed E-state index contributed by atoms with van der Waals surface area (Å²) in [5.41, 5.74) is 6.49. The molecule has 1 aromatic heterocycles. The number of nitrogens with zero attached hydrogens (tertiary/aromatic N) is 3. The standard InChI is InChI=1S/C26H32N4O2/c1-18-14-21(20-8-9-23-24(16-20)28-19(2)27-23)15-22-17-30(12-13-32-25(18)22)26(31)29-10-6-4-3-5-7-11-29/h8-9,14-16H,3-7,10-13,17H2,1-2H3,(H,27,28). The molecule has 1 fully saturated rings. The van der Waals surface area contributed by atoms with Crippen molar-refractivity contribution in [3.05, 3.63) is 47.3 Å². The number of ether oxygens (including phenoxy) is 1. The molecule has 0 saturated carbocycles. The number of aromatic nitrogens is 2. The average molecular weight is 433 g/mol. The maximum absolute atomic E-state index is 13.4. The predicted molar refractivity (Wildman–Crippen MR) is 127 cm³/mol. The molecule has 6 heteroatoms. The Bertz CT molecular complexity index is 1130. The van der Waals surface area contributed by atoms with E-state index in [0.717, 1.165) is 70.8 Å². The van der Waals surface area contributed by atoms with Crippen molar-refractivity contribution in [3.63, 3.8) is 0 Å². The monoisotopic (exact) mass is 432 g/mol. The van der Waals surface area contributed by atoms with Gasteiger partial charge in [-0.15, -0.1) is 0 Å². The Kier molecular flexibility index (Phi) is 5.77. The third-order valence-corrected chi connectivity index (χ3v) is 6.65. The van der Waals surface area contributed by atoms with Crippen LogP contribution < -0.4 is 4.74 Å². The van der Waals surface area contributed by atoms with E-state index < -0.39 is 0 Å². The molecule has 168 valence electrons. The molecule has 6 nitrogen and oxygen atoms in total. The molecule has 0 radical (unpaired) electrons. The second-order valence-corrected chi connectivity index (χ2v) is 9.14. The van der Waals surface area contributed by atoms with Gasteiger partial charge in [-0.25, -0.2) is 9.78 Å². The van der Waals surface area contributed by atoms with Crippen LogP contribution in [0.25, 0.3) is 22.2 Å². The Balaban J connectivity index is 1.43. The van der Waals surface area contributed by atoms with Crippen LogP contribution in [-0.2, 0) is 6.54 Å². The molecule has 2 amide bonds. The van der Waals surface area contributed by atoms with Crippen molar-refractivity contribution in [1.82, 2.24) is 19.8 Å². The molecule has 0 bridgehead atoms. The second kappa shape index (κ2) is 8.85. The van der Waals surface area contributed by atoms with Gasteiger partial charge in [0.1, 0.15) is 18.2 Å². The topological polar surface area (TPSA) is 61.5 Å². The number of hydrogen-bond acceptors (Lipinski definition) is 3. The highest BCUT2D eigenvalue weighted by molar-refractivity contribution is 5.82. The second-order valence-electron chi connectivity index (χ2n) is 9.14. The van der Waals surface area contributed by atoms with Crippen molar-refractivity contribution in [1.29, 1.82) is 0 Å². The smallest absolute Gasteiger partial charge is 0.320 e. The van der Waals surface area contributed by atoms with E-state index in [2.05, 4.69) is 52.1 Å². The zero-order chi connectivity index (χ0) is 22.1. The van der Waals surface area contributed by atoms with Gasteiger partial charge in [-0.2, -0.15) is 0 Å². The normalized spacial score (nSPS) is 17.3. The minimum absolute atomic E-state index is 0.153. The molecule has 1 saturated heterocycles. The molecule has 0 atom stereocenters. The van der Waals surface area contributed by atoms with Crippen molar-refractivity contribution in [2.24, 2.45) is 0 Å². The fourth-order valence-electron chi connectivity index (χ4n) is 5.00. The maximum Gasteiger partial charge on any atom is 0.320 e. The van der Waals surface area contributed by atoms with Crippen molar-refractivity contribution in [2.45, 2.75) is 52.5 Å². The molecular formula is C26H32N4O2. The number of likely N-dealkylation sites (tertiary alicyclic amines) is 1. The van der Waals surface area contributed by atoms with Crippen LogP contribution in [0.15, 0.2) is 30.3 Å². The highest BCUT2D eigenvalue weighted by atomic mass is 16.5. The van der Waals surface area contributed by atoms with Gasteiger partial charge in [-0.1, -0.05) is 25.3 Å². The minimum atomic E-state index is 0.153. The summed E-state index contributed by atoms with van der Waals surface area (Å²) in [7, 11) is 0. The maximum atomic E-state index is 13.4. The van der Waals surface area contributed by atoms with E-state index in [-0.39, 0.29) is 6.03 Å². The van der Waals surface area contributed by atoms with Crippen LogP contribution in [0.4, 0.5) is 4.79 Å². The summed E-state index contributed by atoms with van der Waals surface area (Å²) in [6.07, 6.45) is 5.94. The lowest BCUT2D eigenvalue weighted by molar-refractivity contribution is 0.141. The van der Waals surface area contributed by atoms with Gasteiger partial charge in [-0.05, 0) is 67.6 Å². The largest absolute Gasteiger partial charge is 0.491 e. The van der Waals surface area contributed by atoms with Gasteiger partial charge in [0, 0.05) is 18.7 Å². The molecule has 3 aromatic rings. The summed E-state index contributed by atoms with van der Waals surface area (Å²) in [5, 5.41) is 0. The molecule has 2 aliphatic heterocycles. The van der Waals surface area contributed by atoms with E-state index in [1.807, 2.05) is 11.8 Å². The van der Waals surface area contributed by atoms with Crippen LogP contribution in [0, 0.1) is 13.8 Å². The molecule has 1 N–H and O–H groups in total. The number of carbonyl (C=O) groups excluding carboxylic acids is 1. The fourth-order valence-corrected chi connectivity index (χ4v) is 5.00. The van der Waals surface area contributed by atoms with Gasteiger partial charge in [0.05, 0.1) is 24.1 Å². The number of imidazole rings is 1. The summed E-state index contributed by atoms with van der Waals surface area (Å²) in [6, 6.07) is 10.8. The zero-order valence-corrected chi connectivity index (χ0v) is 19.1. The first kappa shape index (κ1) is 20.9. The molecule has 32 heavy (non-hydrogen) atoms. The quantitative estimate of drug-likeness (QED) is 0.558. The zero-order valence-electron chi connectivity index (χ0n) is 19.1.